The zero-order chi connectivity index (χ0) is 15.1. The van der Waals surface area contributed by atoms with Crippen LogP contribution < -0.4 is 5.32 Å². The Morgan fingerprint density at radius 2 is 1.95 bits per heavy atom. The van der Waals surface area contributed by atoms with Gasteiger partial charge in [-0.15, -0.1) is 0 Å². The fourth-order valence-corrected chi connectivity index (χ4v) is 1.73. The molecular formula is C16H23NO3. The largest absolute Gasteiger partial charge is 0.464 e. The average Bonchev–Trinajstić information content (AvgIpc) is 2.35. The highest BCUT2D eigenvalue weighted by atomic mass is 16.5. The molecule has 0 saturated carbocycles. The standard InChI is InChI=1S/C16H23NO3/c1-11(2)10-20-16(19)13(4)17-15(18)9-14-7-5-6-12(3)8-14/h5-8,11,13H,9-10H2,1-4H3,(H,17,18). The van der Waals surface area contributed by atoms with Crippen LogP contribution in [0.4, 0.5) is 0 Å². The molecule has 1 atom stereocenters. The van der Waals surface area contributed by atoms with Crippen molar-refractivity contribution in [2.45, 2.75) is 40.2 Å². The van der Waals surface area contributed by atoms with Gasteiger partial charge in [0.15, 0.2) is 0 Å². The molecule has 1 aromatic rings. The van der Waals surface area contributed by atoms with Crippen LogP contribution in [0.5, 0.6) is 0 Å². The van der Waals surface area contributed by atoms with Crippen LogP contribution in [0, 0.1) is 12.8 Å². The summed E-state index contributed by atoms with van der Waals surface area (Å²) < 4.78 is 5.08. The van der Waals surface area contributed by atoms with E-state index in [0.717, 1.165) is 11.1 Å². The first kappa shape index (κ1) is 16.2. The first-order chi connectivity index (χ1) is 9.38. The Hall–Kier alpha value is -1.84. The van der Waals surface area contributed by atoms with Gasteiger partial charge in [-0.25, -0.2) is 4.79 Å². The second-order valence-electron chi connectivity index (χ2n) is 5.48. The molecule has 1 N–H and O–H groups in total. The number of aryl methyl sites for hydroxylation is 1. The molecule has 0 heterocycles. The van der Waals surface area contributed by atoms with Crippen molar-refractivity contribution in [3.63, 3.8) is 0 Å². The molecule has 20 heavy (non-hydrogen) atoms. The van der Waals surface area contributed by atoms with Gasteiger partial charge in [0.2, 0.25) is 5.91 Å². The predicted molar refractivity (Wildman–Crippen MR) is 78.3 cm³/mol. The Morgan fingerprint density at radius 3 is 2.55 bits per heavy atom. The fraction of sp³-hybridized carbons (Fsp3) is 0.500. The predicted octanol–water partition coefficient (Wildman–Crippen LogP) is 2.24. The quantitative estimate of drug-likeness (QED) is 0.811. The number of carbonyl (C=O) groups is 2. The second kappa shape index (κ2) is 7.68. The lowest BCUT2D eigenvalue weighted by Crippen LogP contribution is -2.40. The number of nitrogens with one attached hydrogen (secondary N) is 1. The minimum atomic E-state index is -0.619. The molecule has 0 fully saturated rings. The van der Waals surface area contributed by atoms with E-state index in [1.807, 2.05) is 45.0 Å². The van der Waals surface area contributed by atoms with E-state index in [-0.39, 0.29) is 18.2 Å². The SMILES string of the molecule is Cc1cccc(CC(=O)NC(C)C(=O)OCC(C)C)c1. The van der Waals surface area contributed by atoms with Gasteiger partial charge >= 0.3 is 5.97 Å². The molecule has 4 nitrogen and oxygen atoms in total. The number of ether oxygens (including phenoxy) is 1. The van der Waals surface area contributed by atoms with Gasteiger partial charge in [0, 0.05) is 0 Å². The van der Waals surface area contributed by atoms with Crippen molar-refractivity contribution >= 4 is 11.9 Å². The molecule has 0 aliphatic carbocycles. The van der Waals surface area contributed by atoms with Gasteiger partial charge in [-0.1, -0.05) is 43.7 Å². The Labute approximate surface area is 120 Å². The molecule has 1 rings (SSSR count). The minimum absolute atomic E-state index is 0.176. The molecule has 0 aliphatic heterocycles. The Morgan fingerprint density at radius 1 is 1.25 bits per heavy atom. The van der Waals surface area contributed by atoms with Crippen LogP contribution in [0.2, 0.25) is 0 Å². The molecule has 4 heteroatoms. The molecule has 0 aromatic heterocycles. The first-order valence-corrected chi connectivity index (χ1v) is 6.90. The van der Waals surface area contributed by atoms with Crippen molar-refractivity contribution in [3.8, 4) is 0 Å². The minimum Gasteiger partial charge on any atom is -0.464 e. The van der Waals surface area contributed by atoms with E-state index in [2.05, 4.69) is 5.32 Å². The van der Waals surface area contributed by atoms with Gasteiger partial charge in [0.05, 0.1) is 13.0 Å². The molecule has 0 aliphatic rings. The summed E-state index contributed by atoms with van der Waals surface area (Å²) in [5, 5.41) is 2.66. The zero-order valence-corrected chi connectivity index (χ0v) is 12.6. The number of hydrogen-bond donors (Lipinski definition) is 1. The van der Waals surface area contributed by atoms with Crippen molar-refractivity contribution in [3.05, 3.63) is 35.4 Å². The van der Waals surface area contributed by atoms with Crippen LogP contribution in [0.15, 0.2) is 24.3 Å². The second-order valence-corrected chi connectivity index (χ2v) is 5.48. The van der Waals surface area contributed by atoms with E-state index in [1.165, 1.54) is 0 Å². The summed E-state index contributed by atoms with van der Waals surface area (Å²) >= 11 is 0. The summed E-state index contributed by atoms with van der Waals surface area (Å²) in [6.07, 6.45) is 0.267. The van der Waals surface area contributed by atoms with Crippen molar-refractivity contribution in [1.82, 2.24) is 5.32 Å². The Kier molecular flexibility index (Phi) is 6.22. The summed E-state index contributed by atoms with van der Waals surface area (Å²) in [4.78, 5) is 23.5. The molecule has 0 spiro atoms. The molecule has 0 saturated heterocycles. The molecule has 110 valence electrons. The van der Waals surface area contributed by atoms with Crippen LogP contribution in [0.1, 0.15) is 31.9 Å². The van der Waals surface area contributed by atoms with Crippen LogP contribution in [0.25, 0.3) is 0 Å². The lowest BCUT2D eigenvalue weighted by molar-refractivity contribution is -0.148. The molecule has 0 radical (unpaired) electrons. The molecular weight excluding hydrogens is 254 g/mol. The van der Waals surface area contributed by atoms with Crippen molar-refractivity contribution in [2.24, 2.45) is 5.92 Å². The third-order valence-electron chi connectivity index (χ3n) is 2.74. The fourth-order valence-electron chi connectivity index (χ4n) is 1.73. The molecule has 1 amide bonds. The Bertz CT molecular complexity index is 469. The summed E-state index contributed by atoms with van der Waals surface area (Å²) in [5.41, 5.74) is 2.05. The summed E-state index contributed by atoms with van der Waals surface area (Å²) in [6, 6.07) is 7.13. The van der Waals surface area contributed by atoms with Crippen LogP contribution >= 0.6 is 0 Å². The van der Waals surface area contributed by atoms with E-state index in [4.69, 9.17) is 4.74 Å². The van der Waals surface area contributed by atoms with Gasteiger partial charge in [0.25, 0.3) is 0 Å². The highest BCUT2D eigenvalue weighted by molar-refractivity contribution is 5.85. The third-order valence-corrected chi connectivity index (χ3v) is 2.74. The lowest BCUT2D eigenvalue weighted by Gasteiger charge is -2.14. The normalized spacial score (nSPS) is 12.1. The van der Waals surface area contributed by atoms with E-state index in [9.17, 15) is 9.59 Å². The summed E-state index contributed by atoms with van der Waals surface area (Å²) in [5.74, 6) is -0.282. The van der Waals surface area contributed by atoms with Gasteiger partial charge in [-0.05, 0) is 25.3 Å². The monoisotopic (exact) mass is 277 g/mol. The maximum Gasteiger partial charge on any atom is 0.328 e. The van der Waals surface area contributed by atoms with Crippen LogP contribution in [0.3, 0.4) is 0 Å². The van der Waals surface area contributed by atoms with Crippen molar-refractivity contribution < 1.29 is 14.3 Å². The molecule has 1 unspecified atom stereocenters. The van der Waals surface area contributed by atoms with Gasteiger partial charge < -0.3 is 10.1 Å². The maximum absolute atomic E-state index is 11.9. The van der Waals surface area contributed by atoms with E-state index in [1.54, 1.807) is 6.92 Å². The van der Waals surface area contributed by atoms with E-state index >= 15 is 0 Å². The van der Waals surface area contributed by atoms with Gasteiger partial charge in [0.1, 0.15) is 6.04 Å². The zero-order valence-electron chi connectivity index (χ0n) is 12.6. The van der Waals surface area contributed by atoms with Gasteiger partial charge in [-0.2, -0.15) is 0 Å². The smallest absolute Gasteiger partial charge is 0.328 e. The third kappa shape index (κ3) is 5.87. The summed E-state index contributed by atoms with van der Waals surface area (Å²) in [7, 11) is 0. The number of hydrogen-bond acceptors (Lipinski definition) is 3. The van der Waals surface area contributed by atoms with Crippen molar-refractivity contribution in [1.29, 1.82) is 0 Å². The van der Waals surface area contributed by atoms with Crippen molar-refractivity contribution in [2.75, 3.05) is 6.61 Å². The lowest BCUT2D eigenvalue weighted by atomic mass is 10.1. The maximum atomic E-state index is 11.9. The highest BCUT2D eigenvalue weighted by Crippen LogP contribution is 2.05. The number of benzene rings is 1. The van der Waals surface area contributed by atoms with E-state index in [0.29, 0.717) is 6.61 Å². The van der Waals surface area contributed by atoms with E-state index < -0.39 is 12.0 Å². The summed E-state index contributed by atoms with van der Waals surface area (Å²) in [6.45, 7) is 7.92. The highest BCUT2D eigenvalue weighted by Gasteiger charge is 2.17. The number of esters is 1. The van der Waals surface area contributed by atoms with Gasteiger partial charge in [-0.3, -0.25) is 4.79 Å². The number of amides is 1. The first-order valence-electron chi connectivity index (χ1n) is 6.90. The topological polar surface area (TPSA) is 55.4 Å². The molecule has 1 aromatic carbocycles. The van der Waals surface area contributed by atoms with Crippen LogP contribution in [-0.4, -0.2) is 24.5 Å². The Balaban J connectivity index is 2.43. The average molecular weight is 277 g/mol. The molecule has 0 bridgehead atoms. The number of carbonyl (C=O) groups excluding carboxylic acids is 2. The number of rotatable bonds is 6. The van der Waals surface area contributed by atoms with Crippen LogP contribution in [-0.2, 0) is 20.7 Å².